The number of thiophene rings is 1. The average molecular weight is 136 g/mol. The maximum Gasteiger partial charge on any atom is -0.00180 e. The fraction of sp³-hybridized carbons (Fsp3) is 0.250. The van der Waals surface area contributed by atoms with Gasteiger partial charge in [0, 0.05) is 0 Å². The highest BCUT2D eigenvalue weighted by Crippen LogP contribution is 2.22. The Morgan fingerprint density at radius 1 is 1.33 bits per heavy atom. The van der Waals surface area contributed by atoms with Crippen molar-refractivity contribution in [2.24, 2.45) is 0 Å². The molecule has 0 saturated carbocycles. The van der Waals surface area contributed by atoms with Gasteiger partial charge in [-0.05, 0) is 34.7 Å². The van der Waals surface area contributed by atoms with Crippen molar-refractivity contribution in [2.75, 3.05) is 0 Å². The largest absolute Gasteiger partial charge is 0.152 e. The van der Waals surface area contributed by atoms with Crippen LogP contribution in [0.2, 0.25) is 0 Å². The van der Waals surface area contributed by atoms with E-state index in [-0.39, 0.29) is 0 Å². The van der Waals surface area contributed by atoms with Crippen LogP contribution in [-0.4, -0.2) is 0 Å². The summed E-state index contributed by atoms with van der Waals surface area (Å²) in [5, 5.41) is 4.46. The molecule has 0 amide bonds. The van der Waals surface area contributed by atoms with Crippen molar-refractivity contribution in [2.45, 2.75) is 12.8 Å². The average Bonchev–Trinajstić information content (AvgIpc) is 2.33. The van der Waals surface area contributed by atoms with Gasteiger partial charge in [0.2, 0.25) is 0 Å². The summed E-state index contributed by atoms with van der Waals surface area (Å²) in [5.74, 6) is 0. The Kier molecular flexibility index (Phi) is 1.16. The van der Waals surface area contributed by atoms with Gasteiger partial charge in [-0.3, -0.25) is 0 Å². The van der Waals surface area contributed by atoms with Crippen LogP contribution < -0.4 is 0 Å². The molecule has 0 radical (unpaired) electrons. The Balaban J connectivity index is 2.53. The molecule has 1 heterocycles. The molecule has 0 aliphatic heterocycles. The Hall–Kier alpha value is -0.560. The Morgan fingerprint density at radius 2 is 2.33 bits per heavy atom. The number of aryl methyl sites for hydroxylation is 1. The smallest absolute Gasteiger partial charge is 0.00180 e. The van der Waals surface area contributed by atoms with Crippen molar-refractivity contribution in [3.8, 4) is 0 Å². The maximum atomic E-state index is 2.25. The van der Waals surface area contributed by atoms with Gasteiger partial charge in [0.1, 0.15) is 0 Å². The van der Waals surface area contributed by atoms with Gasteiger partial charge in [-0.25, -0.2) is 0 Å². The topological polar surface area (TPSA) is 0 Å². The third-order valence-electron chi connectivity index (χ3n) is 1.65. The van der Waals surface area contributed by atoms with E-state index in [1.165, 1.54) is 24.0 Å². The summed E-state index contributed by atoms with van der Waals surface area (Å²) < 4.78 is 0. The van der Waals surface area contributed by atoms with E-state index < -0.39 is 0 Å². The van der Waals surface area contributed by atoms with Gasteiger partial charge in [-0.2, -0.15) is 11.3 Å². The summed E-state index contributed by atoms with van der Waals surface area (Å²) in [6.07, 6.45) is 6.93. The van der Waals surface area contributed by atoms with Crippen LogP contribution in [0.15, 0.2) is 16.8 Å². The molecule has 0 unspecified atom stereocenters. The molecule has 1 heteroatoms. The van der Waals surface area contributed by atoms with Crippen LogP contribution in [0.3, 0.4) is 0 Å². The first-order chi connectivity index (χ1) is 4.47. The van der Waals surface area contributed by atoms with E-state index in [4.69, 9.17) is 0 Å². The predicted molar refractivity (Wildman–Crippen MR) is 41.7 cm³/mol. The van der Waals surface area contributed by atoms with Crippen LogP contribution in [-0.2, 0) is 6.42 Å². The zero-order valence-electron chi connectivity index (χ0n) is 5.13. The van der Waals surface area contributed by atoms with Gasteiger partial charge in [0.25, 0.3) is 0 Å². The fourth-order valence-corrected chi connectivity index (χ4v) is 1.99. The van der Waals surface area contributed by atoms with E-state index in [0.29, 0.717) is 0 Å². The highest BCUT2D eigenvalue weighted by Gasteiger charge is 2.02. The molecule has 0 N–H and O–H groups in total. The Labute approximate surface area is 58.8 Å². The molecule has 1 aliphatic rings. The highest BCUT2D eigenvalue weighted by molar-refractivity contribution is 7.08. The van der Waals surface area contributed by atoms with Crippen molar-refractivity contribution in [1.82, 2.24) is 0 Å². The number of fused-ring (bicyclic) bond motifs is 1. The summed E-state index contributed by atoms with van der Waals surface area (Å²) >= 11 is 1.80. The molecule has 2 rings (SSSR count). The molecule has 1 aliphatic carbocycles. The highest BCUT2D eigenvalue weighted by atomic mass is 32.1. The van der Waals surface area contributed by atoms with Gasteiger partial charge in [-0.15, -0.1) is 0 Å². The molecule has 0 nitrogen and oxygen atoms in total. The standard InChI is InChI=1S/C8H8S/c1-2-4-8-6-9-5-7(8)3-1/h1,3,5-6H,2,4H2. The van der Waals surface area contributed by atoms with Crippen LogP contribution >= 0.6 is 11.3 Å². The van der Waals surface area contributed by atoms with Gasteiger partial charge in [0.05, 0.1) is 0 Å². The third kappa shape index (κ3) is 0.815. The normalized spacial score (nSPS) is 15.6. The summed E-state index contributed by atoms with van der Waals surface area (Å²) in [5.41, 5.74) is 2.97. The molecule has 46 valence electrons. The minimum atomic E-state index is 1.23. The molecular formula is C8H8S. The van der Waals surface area contributed by atoms with Crippen molar-refractivity contribution >= 4 is 17.4 Å². The number of hydrogen-bond donors (Lipinski definition) is 0. The number of rotatable bonds is 0. The number of hydrogen-bond acceptors (Lipinski definition) is 1. The lowest BCUT2D eigenvalue weighted by atomic mass is 10.0. The zero-order valence-corrected chi connectivity index (χ0v) is 5.95. The molecule has 1 aromatic rings. The van der Waals surface area contributed by atoms with Crippen LogP contribution in [0, 0.1) is 0 Å². The van der Waals surface area contributed by atoms with Crippen LogP contribution in [0.25, 0.3) is 6.08 Å². The first-order valence-corrected chi connectivity index (χ1v) is 4.13. The SMILES string of the molecule is C1=Cc2cscc2CC1. The summed E-state index contributed by atoms with van der Waals surface area (Å²) in [7, 11) is 0. The lowest BCUT2D eigenvalue weighted by Gasteiger charge is -2.01. The zero-order chi connectivity index (χ0) is 6.10. The van der Waals surface area contributed by atoms with E-state index in [9.17, 15) is 0 Å². The predicted octanol–water partition coefficient (Wildman–Crippen LogP) is 2.71. The second kappa shape index (κ2) is 1.99. The van der Waals surface area contributed by atoms with Gasteiger partial charge < -0.3 is 0 Å². The molecule has 9 heavy (non-hydrogen) atoms. The molecule has 0 atom stereocenters. The van der Waals surface area contributed by atoms with Crippen molar-refractivity contribution < 1.29 is 0 Å². The van der Waals surface area contributed by atoms with E-state index in [2.05, 4.69) is 22.9 Å². The third-order valence-corrected chi connectivity index (χ3v) is 2.46. The van der Waals surface area contributed by atoms with Crippen LogP contribution in [0.1, 0.15) is 17.5 Å². The number of allylic oxidation sites excluding steroid dienone is 1. The monoisotopic (exact) mass is 136 g/mol. The molecule has 1 aromatic heterocycles. The van der Waals surface area contributed by atoms with E-state index in [0.717, 1.165) is 0 Å². The van der Waals surface area contributed by atoms with Gasteiger partial charge >= 0.3 is 0 Å². The Bertz CT molecular complexity index is 232. The van der Waals surface area contributed by atoms with Crippen LogP contribution in [0.5, 0.6) is 0 Å². The molecule has 0 spiro atoms. The van der Waals surface area contributed by atoms with Crippen molar-refractivity contribution in [3.05, 3.63) is 28.0 Å². The van der Waals surface area contributed by atoms with Crippen LogP contribution in [0.4, 0.5) is 0 Å². The second-order valence-electron chi connectivity index (χ2n) is 2.29. The lowest BCUT2D eigenvalue weighted by Crippen LogP contribution is -1.87. The van der Waals surface area contributed by atoms with E-state index in [1.807, 2.05) is 0 Å². The van der Waals surface area contributed by atoms with E-state index in [1.54, 1.807) is 11.3 Å². The minimum absolute atomic E-state index is 1.23. The first kappa shape index (κ1) is 5.24. The van der Waals surface area contributed by atoms with E-state index >= 15 is 0 Å². The van der Waals surface area contributed by atoms with Crippen molar-refractivity contribution in [3.63, 3.8) is 0 Å². The first-order valence-electron chi connectivity index (χ1n) is 3.18. The van der Waals surface area contributed by atoms with Gasteiger partial charge in [0.15, 0.2) is 0 Å². The maximum absolute atomic E-state index is 2.25. The van der Waals surface area contributed by atoms with Gasteiger partial charge in [-0.1, -0.05) is 12.2 Å². The molecule has 0 aromatic carbocycles. The Morgan fingerprint density at radius 3 is 3.22 bits per heavy atom. The minimum Gasteiger partial charge on any atom is -0.152 e. The fourth-order valence-electron chi connectivity index (χ4n) is 1.13. The molecule has 0 bridgehead atoms. The molecular weight excluding hydrogens is 128 g/mol. The lowest BCUT2D eigenvalue weighted by molar-refractivity contribution is 0.994. The summed E-state index contributed by atoms with van der Waals surface area (Å²) in [6.45, 7) is 0. The molecule has 0 saturated heterocycles. The second-order valence-corrected chi connectivity index (χ2v) is 3.04. The summed E-state index contributed by atoms with van der Waals surface area (Å²) in [4.78, 5) is 0. The van der Waals surface area contributed by atoms with Crippen molar-refractivity contribution in [1.29, 1.82) is 0 Å². The quantitative estimate of drug-likeness (QED) is 0.514. The molecule has 0 fully saturated rings. The summed E-state index contributed by atoms with van der Waals surface area (Å²) in [6, 6.07) is 0.